The number of hydrogen-bond acceptors (Lipinski definition) is 0. The number of hydrogen-bond donors (Lipinski definition) is 0. The Kier molecular flexibility index (Phi) is 6.63. The number of rotatable bonds is 4. The van der Waals surface area contributed by atoms with Gasteiger partial charge in [-0.1, -0.05) is 190 Å². The number of fused-ring (bicyclic) bond motifs is 6. The zero-order valence-electron chi connectivity index (χ0n) is 28.8. The fourth-order valence-electron chi connectivity index (χ4n) is 8.92. The summed E-state index contributed by atoms with van der Waals surface area (Å²) in [4.78, 5) is 0. The van der Waals surface area contributed by atoms with E-state index in [-0.39, 0.29) is 5.41 Å². The first-order valence-corrected chi connectivity index (χ1v) is 17.9. The average Bonchev–Trinajstić information content (AvgIpc) is 3.42. The molecule has 0 aliphatic heterocycles. The molecular weight excluding hydrogens is 613 g/mol. The molecule has 0 radical (unpaired) electrons. The van der Waals surface area contributed by atoms with Crippen LogP contribution in [0, 0.1) is 0 Å². The molecule has 0 bridgehead atoms. The van der Waals surface area contributed by atoms with Gasteiger partial charge < -0.3 is 0 Å². The Hall–Kier alpha value is -6.24. The summed E-state index contributed by atoms with van der Waals surface area (Å²) in [5.74, 6) is 0. The van der Waals surface area contributed by atoms with Crippen molar-refractivity contribution in [2.24, 2.45) is 0 Å². The van der Waals surface area contributed by atoms with Crippen LogP contribution in [0.4, 0.5) is 0 Å². The summed E-state index contributed by atoms with van der Waals surface area (Å²) in [6, 6.07) is 67.3. The van der Waals surface area contributed by atoms with Gasteiger partial charge in [-0.25, -0.2) is 0 Å². The Morgan fingerprint density at radius 2 is 0.706 bits per heavy atom. The normalized spacial score (nSPS) is 13.1. The zero-order chi connectivity index (χ0) is 34.1. The summed E-state index contributed by atoms with van der Waals surface area (Å²) in [5.41, 5.74) is 15.6. The van der Waals surface area contributed by atoms with Crippen LogP contribution in [0.2, 0.25) is 0 Å². The predicted octanol–water partition coefficient (Wildman–Crippen LogP) is 14.1. The average molecular weight is 649 g/mol. The van der Waals surface area contributed by atoms with Crippen LogP contribution in [0.5, 0.6) is 0 Å². The second kappa shape index (κ2) is 11.4. The first-order chi connectivity index (χ1) is 25.1. The fourth-order valence-corrected chi connectivity index (χ4v) is 8.92. The highest BCUT2D eigenvalue weighted by atomic mass is 14.4. The fraction of sp³-hybridized carbons (Fsp3) is 0.0588. The van der Waals surface area contributed by atoms with E-state index in [1.165, 1.54) is 99.1 Å². The van der Waals surface area contributed by atoms with Crippen molar-refractivity contribution >= 4 is 32.3 Å². The van der Waals surface area contributed by atoms with Crippen LogP contribution in [0.1, 0.15) is 25.0 Å². The van der Waals surface area contributed by atoms with Crippen molar-refractivity contribution in [3.63, 3.8) is 0 Å². The van der Waals surface area contributed by atoms with E-state index < -0.39 is 0 Å². The molecule has 0 fully saturated rings. The molecule has 0 unspecified atom stereocenters. The minimum atomic E-state index is -0.0453. The summed E-state index contributed by atoms with van der Waals surface area (Å²) >= 11 is 0. The maximum atomic E-state index is 2.44. The van der Waals surface area contributed by atoms with Gasteiger partial charge in [0.25, 0.3) is 0 Å². The molecule has 10 rings (SSSR count). The summed E-state index contributed by atoms with van der Waals surface area (Å²) in [5, 5.41) is 7.61. The van der Waals surface area contributed by atoms with E-state index in [4.69, 9.17) is 0 Å². The third-order valence-electron chi connectivity index (χ3n) is 11.3. The summed E-state index contributed by atoms with van der Waals surface area (Å²) in [6.07, 6.45) is 0. The van der Waals surface area contributed by atoms with Crippen LogP contribution in [0.3, 0.4) is 0 Å². The van der Waals surface area contributed by atoms with Crippen LogP contribution >= 0.6 is 0 Å². The lowest BCUT2D eigenvalue weighted by Crippen LogP contribution is -2.14. The molecule has 0 spiro atoms. The van der Waals surface area contributed by atoms with Crippen molar-refractivity contribution in [3.05, 3.63) is 193 Å². The Morgan fingerprint density at radius 3 is 1.35 bits per heavy atom. The highest BCUT2D eigenvalue weighted by molar-refractivity contribution is 6.25. The molecule has 0 amide bonds. The highest BCUT2D eigenvalue weighted by Gasteiger charge is 2.35. The van der Waals surface area contributed by atoms with E-state index >= 15 is 0 Å². The summed E-state index contributed by atoms with van der Waals surface area (Å²) in [6.45, 7) is 4.72. The van der Waals surface area contributed by atoms with Gasteiger partial charge in [-0.05, 0) is 105 Å². The maximum absolute atomic E-state index is 2.44. The second-order valence-electron chi connectivity index (χ2n) is 14.4. The van der Waals surface area contributed by atoms with Crippen LogP contribution in [-0.2, 0) is 5.41 Å². The first-order valence-electron chi connectivity index (χ1n) is 17.9. The molecule has 1 aliphatic carbocycles. The third kappa shape index (κ3) is 4.46. The van der Waals surface area contributed by atoms with Crippen LogP contribution in [0.15, 0.2) is 182 Å². The van der Waals surface area contributed by atoms with E-state index in [0.717, 1.165) is 0 Å². The Bertz CT molecular complexity index is 2760. The lowest BCUT2D eigenvalue weighted by molar-refractivity contribution is 0.660. The van der Waals surface area contributed by atoms with Crippen molar-refractivity contribution < 1.29 is 0 Å². The maximum Gasteiger partial charge on any atom is 0.0159 e. The molecule has 240 valence electrons. The molecule has 0 nitrogen and oxygen atoms in total. The minimum absolute atomic E-state index is 0.0453. The van der Waals surface area contributed by atoms with Gasteiger partial charge in [0.15, 0.2) is 0 Å². The molecule has 0 aromatic heterocycles. The van der Waals surface area contributed by atoms with E-state index in [9.17, 15) is 0 Å². The van der Waals surface area contributed by atoms with E-state index in [0.29, 0.717) is 0 Å². The molecule has 9 aromatic rings. The predicted molar refractivity (Wildman–Crippen MR) is 218 cm³/mol. The summed E-state index contributed by atoms with van der Waals surface area (Å²) in [7, 11) is 0. The second-order valence-corrected chi connectivity index (χ2v) is 14.4. The quantitative estimate of drug-likeness (QED) is 0.167. The highest BCUT2D eigenvalue weighted by Crippen LogP contribution is 2.51. The van der Waals surface area contributed by atoms with Crippen LogP contribution < -0.4 is 0 Å². The number of benzene rings is 9. The Morgan fingerprint density at radius 1 is 0.275 bits per heavy atom. The van der Waals surface area contributed by atoms with E-state index in [1.807, 2.05) is 0 Å². The Labute approximate surface area is 299 Å². The molecule has 0 saturated carbocycles. The molecule has 0 saturated heterocycles. The zero-order valence-corrected chi connectivity index (χ0v) is 28.8. The van der Waals surface area contributed by atoms with Crippen LogP contribution in [0.25, 0.3) is 88.0 Å². The van der Waals surface area contributed by atoms with Crippen molar-refractivity contribution in [2.45, 2.75) is 19.3 Å². The van der Waals surface area contributed by atoms with Gasteiger partial charge in [-0.2, -0.15) is 0 Å². The third-order valence-corrected chi connectivity index (χ3v) is 11.3. The van der Waals surface area contributed by atoms with Crippen molar-refractivity contribution in [1.82, 2.24) is 0 Å². The van der Waals surface area contributed by atoms with E-state index in [1.54, 1.807) is 0 Å². The monoisotopic (exact) mass is 648 g/mol. The van der Waals surface area contributed by atoms with E-state index in [2.05, 4.69) is 196 Å². The molecule has 51 heavy (non-hydrogen) atoms. The molecule has 9 aromatic carbocycles. The Balaban J connectivity index is 1.22. The van der Waals surface area contributed by atoms with Gasteiger partial charge in [0, 0.05) is 5.41 Å². The van der Waals surface area contributed by atoms with Gasteiger partial charge in [-0.15, -0.1) is 0 Å². The SMILES string of the molecule is CC1(C)c2ccccc2-c2ccc(-c3ccc(-c4c5ccccc5c(-c5ccccc5-c5ccccc5)c5ccccc45)c4ccccc34)cc21. The smallest absolute Gasteiger partial charge is 0.0159 e. The summed E-state index contributed by atoms with van der Waals surface area (Å²) < 4.78 is 0. The molecule has 0 N–H and O–H groups in total. The van der Waals surface area contributed by atoms with Gasteiger partial charge >= 0.3 is 0 Å². The van der Waals surface area contributed by atoms with Crippen molar-refractivity contribution in [1.29, 1.82) is 0 Å². The standard InChI is InChI=1S/C51H36/c1-51(2)47-27-15-14-21-39(47)40-29-28-34(32-48(40)51)36-30-31-46(38-20-8-7-19-37(36)38)50-44-25-12-10-23-42(44)49(43-24-11-13-26-45(43)50)41-22-9-6-18-35(41)33-16-4-3-5-17-33/h3-32H,1-2H3. The van der Waals surface area contributed by atoms with Crippen molar-refractivity contribution in [3.8, 4) is 55.6 Å². The van der Waals surface area contributed by atoms with Gasteiger partial charge in [-0.3, -0.25) is 0 Å². The molecule has 0 atom stereocenters. The molecule has 0 heterocycles. The topological polar surface area (TPSA) is 0 Å². The van der Waals surface area contributed by atoms with Crippen molar-refractivity contribution in [2.75, 3.05) is 0 Å². The minimum Gasteiger partial charge on any atom is -0.0622 e. The molecule has 1 aliphatic rings. The first kappa shape index (κ1) is 29.7. The largest absolute Gasteiger partial charge is 0.0622 e. The molecule has 0 heteroatoms. The van der Waals surface area contributed by atoms with Gasteiger partial charge in [0.2, 0.25) is 0 Å². The lowest BCUT2D eigenvalue weighted by atomic mass is 9.80. The van der Waals surface area contributed by atoms with Crippen LogP contribution in [-0.4, -0.2) is 0 Å². The van der Waals surface area contributed by atoms with Gasteiger partial charge in [0.05, 0.1) is 0 Å². The van der Waals surface area contributed by atoms with Gasteiger partial charge in [0.1, 0.15) is 0 Å². The lowest BCUT2D eigenvalue weighted by Gasteiger charge is -2.22. The molecular formula is C51H36.